The van der Waals surface area contributed by atoms with E-state index in [9.17, 15) is 17.6 Å². The Labute approximate surface area is 169 Å². The molecule has 1 amide bonds. The van der Waals surface area contributed by atoms with Gasteiger partial charge in [-0.25, -0.2) is 12.8 Å². The molecule has 0 N–H and O–H groups in total. The van der Waals surface area contributed by atoms with Crippen LogP contribution in [0.1, 0.15) is 24.8 Å². The van der Waals surface area contributed by atoms with Crippen LogP contribution < -0.4 is 0 Å². The Bertz CT molecular complexity index is 911. The van der Waals surface area contributed by atoms with Crippen LogP contribution >= 0.6 is 11.6 Å². The van der Waals surface area contributed by atoms with Crippen molar-refractivity contribution in [2.75, 3.05) is 19.6 Å². The summed E-state index contributed by atoms with van der Waals surface area (Å²) in [5.41, 5.74) is 0.602. The fourth-order valence-corrected chi connectivity index (χ4v) is 4.67. The van der Waals surface area contributed by atoms with Gasteiger partial charge in [-0.3, -0.25) is 4.79 Å². The zero-order chi connectivity index (χ0) is 20.1. The number of halogens is 2. The number of hydrogen-bond donors (Lipinski definition) is 0. The fraction of sp³-hybridized carbons (Fsp3) is 0.350. The number of rotatable bonds is 6. The highest BCUT2D eigenvalue weighted by Crippen LogP contribution is 2.21. The molecule has 1 aliphatic rings. The Morgan fingerprint density at radius 1 is 1.00 bits per heavy atom. The molecule has 2 aromatic rings. The summed E-state index contributed by atoms with van der Waals surface area (Å²) in [6.07, 6.45) is 2.92. The molecule has 1 saturated heterocycles. The third-order valence-electron chi connectivity index (χ3n) is 4.74. The molecule has 3 rings (SSSR count). The van der Waals surface area contributed by atoms with Gasteiger partial charge in [0.2, 0.25) is 15.9 Å². The van der Waals surface area contributed by atoms with Crippen LogP contribution in [0.4, 0.5) is 4.39 Å². The first kappa shape index (κ1) is 20.8. The molecule has 150 valence electrons. The van der Waals surface area contributed by atoms with Gasteiger partial charge in [0.05, 0.1) is 11.4 Å². The molecule has 0 bridgehead atoms. The number of carbonyl (C=O) groups excluding carboxylic acids is 1. The Kier molecular flexibility index (Phi) is 6.69. The third kappa shape index (κ3) is 5.10. The molecule has 0 radical (unpaired) electrons. The molecular weight excluding hydrogens is 403 g/mol. The minimum absolute atomic E-state index is 0.0230. The van der Waals surface area contributed by atoms with Crippen molar-refractivity contribution < 1.29 is 17.6 Å². The van der Waals surface area contributed by atoms with Crippen LogP contribution in [0.15, 0.2) is 53.4 Å². The van der Waals surface area contributed by atoms with Crippen molar-refractivity contribution in [3.8, 4) is 0 Å². The number of hydrogen-bond acceptors (Lipinski definition) is 3. The summed E-state index contributed by atoms with van der Waals surface area (Å²) in [5.74, 6) is -0.625. The van der Waals surface area contributed by atoms with Gasteiger partial charge >= 0.3 is 0 Å². The van der Waals surface area contributed by atoms with Crippen molar-refractivity contribution in [1.82, 2.24) is 9.21 Å². The first-order chi connectivity index (χ1) is 13.4. The number of benzene rings is 2. The largest absolute Gasteiger partial charge is 0.342 e. The van der Waals surface area contributed by atoms with Crippen LogP contribution in [0.25, 0.3) is 0 Å². The van der Waals surface area contributed by atoms with E-state index in [1.165, 1.54) is 48.5 Å². The van der Waals surface area contributed by atoms with E-state index in [1.807, 2.05) is 0 Å². The van der Waals surface area contributed by atoms with Crippen LogP contribution in [0.2, 0.25) is 5.02 Å². The second kappa shape index (κ2) is 9.03. The Balaban J connectivity index is 1.87. The molecule has 0 aliphatic carbocycles. The highest BCUT2D eigenvalue weighted by Gasteiger charge is 2.29. The smallest absolute Gasteiger partial charge is 0.243 e. The quantitative estimate of drug-likeness (QED) is 0.710. The Morgan fingerprint density at radius 2 is 1.61 bits per heavy atom. The van der Waals surface area contributed by atoms with E-state index in [1.54, 1.807) is 4.90 Å². The minimum atomic E-state index is -3.93. The maximum Gasteiger partial charge on any atom is 0.243 e. The lowest BCUT2D eigenvalue weighted by Gasteiger charge is -2.29. The van der Waals surface area contributed by atoms with Crippen LogP contribution in [-0.4, -0.2) is 43.2 Å². The molecule has 28 heavy (non-hydrogen) atoms. The summed E-state index contributed by atoms with van der Waals surface area (Å²) in [5, 5.41) is 0.424. The molecular formula is C20H22ClFN2O3S. The zero-order valence-electron chi connectivity index (χ0n) is 15.4. The Morgan fingerprint density at radius 3 is 2.21 bits per heavy atom. The number of nitrogens with zero attached hydrogens (tertiary/aromatic N) is 2. The highest BCUT2D eigenvalue weighted by molar-refractivity contribution is 7.89. The van der Waals surface area contributed by atoms with Gasteiger partial charge in [0, 0.05) is 24.7 Å². The van der Waals surface area contributed by atoms with E-state index in [0.717, 1.165) is 23.6 Å². The van der Waals surface area contributed by atoms with Gasteiger partial charge in [-0.05, 0) is 61.2 Å². The summed E-state index contributed by atoms with van der Waals surface area (Å²) in [4.78, 5) is 14.5. The first-order valence-corrected chi connectivity index (χ1v) is 11.0. The summed E-state index contributed by atoms with van der Waals surface area (Å²) in [6.45, 7) is 1.00. The number of likely N-dealkylation sites (tertiary alicyclic amines) is 1. The van der Waals surface area contributed by atoms with Crippen molar-refractivity contribution >= 4 is 27.5 Å². The van der Waals surface area contributed by atoms with Gasteiger partial charge in [-0.15, -0.1) is 0 Å². The van der Waals surface area contributed by atoms with Crippen molar-refractivity contribution in [2.24, 2.45) is 0 Å². The summed E-state index contributed by atoms with van der Waals surface area (Å²) in [7, 11) is -3.93. The zero-order valence-corrected chi connectivity index (χ0v) is 16.9. The molecule has 1 fully saturated rings. The predicted molar refractivity (Wildman–Crippen MR) is 106 cm³/mol. The summed E-state index contributed by atoms with van der Waals surface area (Å²) >= 11 is 5.87. The molecule has 0 unspecified atom stereocenters. The van der Waals surface area contributed by atoms with Gasteiger partial charge in [0.1, 0.15) is 5.82 Å². The Hall–Kier alpha value is -1.96. The summed E-state index contributed by atoms with van der Waals surface area (Å²) in [6, 6.07) is 11.4. The fourth-order valence-electron chi connectivity index (χ4n) is 3.17. The van der Waals surface area contributed by atoms with Gasteiger partial charge in [-0.1, -0.05) is 23.7 Å². The van der Waals surface area contributed by atoms with Crippen LogP contribution in [0.5, 0.6) is 0 Å². The first-order valence-electron chi connectivity index (χ1n) is 9.14. The monoisotopic (exact) mass is 424 g/mol. The standard InChI is InChI=1S/C20H22ClFN2O3S/c21-17-6-10-19(11-7-17)28(26,27)24(14-16-4-8-18(22)9-5-16)15-20(25)23-12-2-1-3-13-23/h4-11H,1-3,12-15H2. The third-order valence-corrected chi connectivity index (χ3v) is 6.80. The SMILES string of the molecule is O=C(CN(Cc1ccc(F)cc1)S(=O)(=O)c1ccc(Cl)cc1)N1CCCCC1. The van der Waals surface area contributed by atoms with Crippen molar-refractivity contribution in [3.05, 3.63) is 64.9 Å². The molecule has 5 nitrogen and oxygen atoms in total. The maximum atomic E-state index is 13.2. The predicted octanol–water partition coefficient (Wildman–Crippen LogP) is 3.68. The van der Waals surface area contributed by atoms with Gasteiger partial charge in [-0.2, -0.15) is 4.31 Å². The normalized spacial score (nSPS) is 15.0. The van der Waals surface area contributed by atoms with E-state index >= 15 is 0 Å². The minimum Gasteiger partial charge on any atom is -0.342 e. The molecule has 0 saturated carbocycles. The lowest BCUT2D eigenvalue weighted by molar-refractivity contribution is -0.132. The van der Waals surface area contributed by atoms with Crippen molar-refractivity contribution in [2.45, 2.75) is 30.7 Å². The average molecular weight is 425 g/mol. The van der Waals surface area contributed by atoms with Crippen LogP contribution in [0.3, 0.4) is 0 Å². The van der Waals surface area contributed by atoms with E-state index in [0.29, 0.717) is 23.7 Å². The van der Waals surface area contributed by atoms with Crippen LogP contribution in [-0.2, 0) is 21.4 Å². The van der Waals surface area contributed by atoms with Crippen molar-refractivity contribution in [1.29, 1.82) is 0 Å². The van der Waals surface area contributed by atoms with Crippen molar-refractivity contribution in [3.63, 3.8) is 0 Å². The second-order valence-electron chi connectivity index (χ2n) is 6.79. The molecule has 1 heterocycles. The van der Waals surface area contributed by atoms with E-state index in [2.05, 4.69) is 0 Å². The van der Waals surface area contributed by atoms with E-state index in [4.69, 9.17) is 11.6 Å². The van der Waals surface area contributed by atoms with Gasteiger partial charge in [0.25, 0.3) is 0 Å². The van der Waals surface area contributed by atoms with Gasteiger partial charge < -0.3 is 4.90 Å². The summed E-state index contributed by atoms with van der Waals surface area (Å²) < 4.78 is 40.7. The number of amides is 1. The molecule has 2 aromatic carbocycles. The van der Waals surface area contributed by atoms with E-state index < -0.39 is 15.8 Å². The molecule has 1 aliphatic heterocycles. The highest BCUT2D eigenvalue weighted by atomic mass is 35.5. The molecule has 8 heteroatoms. The molecule has 0 spiro atoms. The second-order valence-corrected chi connectivity index (χ2v) is 9.17. The maximum absolute atomic E-state index is 13.2. The number of piperidine rings is 1. The molecule has 0 atom stereocenters. The topological polar surface area (TPSA) is 57.7 Å². The number of carbonyl (C=O) groups is 1. The average Bonchev–Trinajstić information content (AvgIpc) is 2.70. The molecule has 0 aromatic heterocycles. The van der Waals surface area contributed by atoms with E-state index in [-0.39, 0.29) is 23.9 Å². The van der Waals surface area contributed by atoms with Gasteiger partial charge in [0.15, 0.2) is 0 Å². The lowest BCUT2D eigenvalue weighted by atomic mass is 10.1. The van der Waals surface area contributed by atoms with Crippen LogP contribution in [0, 0.1) is 5.82 Å². The number of sulfonamides is 1. The lowest BCUT2D eigenvalue weighted by Crippen LogP contribution is -2.44.